The molecule has 0 aliphatic rings. The van der Waals surface area contributed by atoms with Crippen molar-refractivity contribution in [2.45, 2.75) is 32.7 Å². The fourth-order valence-electron chi connectivity index (χ4n) is 1.70. The molecule has 0 atom stereocenters. The molecule has 6 heteroatoms. The van der Waals surface area contributed by atoms with Gasteiger partial charge in [0.05, 0.1) is 6.61 Å². The van der Waals surface area contributed by atoms with Crippen LogP contribution in [0, 0.1) is 0 Å². The predicted octanol–water partition coefficient (Wildman–Crippen LogP) is 1.29. The Bertz CT molecular complexity index is 299. The Morgan fingerprint density at radius 3 is 2.50 bits per heavy atom. The van der Waals surface area contributed by atoms with E-state index in [2.05, 4.69) is 24.0 Å². The first-order chi connectivity index (χ1) is 7.72. The molecule has 1 heterocycles. The Morgan fingerprint density at radius 2 is 2.06 bits per heavy atom. The van der Waals surface area contributed by atoms with Gasteiger partial charge >= 0.3 is 12.0 Å². The van der Waals surface area contributed by atoms with E-state index in [0.29, 0.717) is 18.7 Å². The van der Waals surface area contributed by atoms with Gasteiger partial charge in [0.1, 0.15) is 0 Å². The number of hydrogen-bond acceptors (Lipinski definition) is 6. The van der Waals surface area contributed by atoms with Crippen LogP contribution in [-0.4, -0.2) is 36.5 Å². The standard InChI is InChI=1S/C10H20N4O2/c1-4-8(5-2)14(6-7-15-3)10-13-12-9(11)16-10/h8H,4-7H2,1-3H3,(H2,11,12). The van der Waals surface area contributed by atoms with E-state index < -0.39 is 0 Å². The highest BCUT2D eigenvalue weighted by Gasteiger charge is 2.20. The molecule has 0 saturated heterocycles. The van der Waals surface area contributed by atoms with E-state index in [9.17, 15) is 0 Å². The quantitative estimate of drug-likeness (QED) is 0.757. The van der Waals surface area contributed by atoms with Crippen LogP contribution >= 0.6 is 0 Å². The number of nitrogens with zero attached hydrogens (tertiary/aromatic N) is 3. The SMILES string of the molecule is CCC(CC)N(CCOC)c1nnc(N)o1. The molecule has 6 nitrogen and oxygen atoms in total. The fraction of sp³-hybridized carbons (Fsp3) is 0.800. The van der Waals surface area contributed by atoms with E-state index in [0.717, 1.165) is 19.4 Å². The summed E-state index contributed by atoms with van der Waals surface area (Å²) in [5.41, 5.74) is 5.43. The summed E-state index contributed by atoms with van der Waals surface area (Å²) < 4.78 is 10.3. The molecule has 0 fully saturated rings. The molecule has 0 radical (unpaired) electrons. The summed E-state index contributed by atoms with van der Waals surface area (Å²) in [6.07, 6.45) is 2.03. The lowest BCUT2D eigenvalue weighted by Crippen LogP contribution is -2.37. The second-order valence-electron chi connectivity index (χ2n) is 3.58. The molecule has 0 aromatic carbocycles. The molecular weight excluding hydrogens is 208 g/mol. The van der Waals surface area contributed by atoms with Crippen molar-refractivity contribution in [1.82, 2.24) is 10.2 Å². The number of nitrogens with two attached hydrogens (primary N) is 1. The maximum Gasteiger partial charge on any atom is 0.319 e. The molecule has 0 bridgehead atoms. The molecule has 0 aliphatic carbocycles. The lowest BCUT2D eigenvalue weighted by Gasteiger charge is -2.28. The summed E-state index contributed by atoms with van der Waals surface area (Å²) in [6.45, 7) is 5.62. The average molecular weight is 228 g/mol. The number of ether oxygens (including phenoxy) is 1. The Morgan fingerprint density at radius 1 is 1.38 bits per heavy atom. The summed E-state index contributed by atoms with van der Waals surface area (Å²) in [6, 6.07) is 0.946. The van der Waals surface area contributed by atoms with Crippen LogP contribution in [0.15, 0.2) is 4.42 Å². The van der Waals surface area contributed by atoms with Crippen molar-refractivity contribution >= 4 is 12.0 Å². The van der Waals surface area contributed by atoms with Gasteiger partial charge in [0.2, 0.25) is 0 Å². The molecule has 92 valence electrons. The van der Waals surface area contributed by atoms with Crippen LogP contribution < -0.4 is 10.6 Å². The number of nitrogen functional groups attached to an aromatic ring is 1. The highest BCUT2D eigenvalue weighted by Crippen LogP contribution is 2.19. The molecule has 2 N–H and O–H groups in total. The average Bonchev–Trinajstić information content (AvgIpc) is 2.71. The predicted molar refractivity (Wildman–Crippen MR) is 62.3 cm³/mol. The molecule has 0 amide bonds. The molecule has 1 aromatic rings. The topological polar surface area (TPSA) is 77.4 Å². The monoisotopic (exact) mass is 228 g/mol. The van der Waals surface area contributed by atoms with Gasteiger partial charge < -0.3 is 19.8 Å². The normalized spacial score (nSPS) is 11.0. The molecule has 1 aromatic heterocycles. The molecule has 1 rings (SSSR count). The molecule has 0 aliphatic heterocycles. The van der Waals surface area contributed by atoms with Crippen molar-refractivity contribution in [2.75, 3.05) is 30.9 Å². The van der Waals surface area contributed by atoms with Crippen LogP contribution in [-0.2, 0) is 4.74 Å². The van der Waals surface area contributed by atoms with Crippen molar-refractivity contribution < 1.29 is 9.15 Å². The Labute approximate surface area is 95.8 Å². The number of aromatic nitrogens is 2. The van der Waals surface area contributed by atoms with Crippen LogP contribution in [0.1, 0.15) is 26.7 Å². The maximum atomic E-state index is 5.43. The van der Waals surface area contributed by atoms with E-state index in [1.807, 2.05) is 4.90 Å². The lowest BCUT2D eigenvalue weighted by molar-refractivity contribution is 0.201. The maximum absolute atomic E-state index is 5.43. The van der Waals surface area contributed by atoms with E-state index in [1.165, 1.54) is 0 Å². The minimum Gasteiger partial charge on any atom is -0.390 e. The third-order valence-electron chi connectivity index (χ3n) is 2.60. The van der Waals surface area contributed by atoms with Crippen molar-refractivity contribution in [3.63, 3.8) is 0 Å². The van der Waals surface area contributed by atoms with Gasteiger partial charge in [-0.05, 0) is 12.8 Å². The second-order valence-corrected chi connectivity index (χ2v) is 3.58. The zero-order valence-electron chi connectivity index (χ0n) is 10.1. The zero-order valence-corrected chi connectivity index (χ0v) is 10.1. The van der Waals surface area contributed by atoms with Crippen LogP contribution in [0.5, 0.6) is 0 Å². The Hall–Kier alpha value is -1.30. The Balaban J connectivity index is 2.77. The van der Waals surface area contributed by atoms with Gasteiger partial charge in [-0.3, -0.25) is 0 Å². The zero-order chi connectivity index (χ0) is 12.0. The van der Waals surface area contributed by atoms with E-state index in [-0.39, 0.29) is 6.01 Å². The van der Waals surface area contributed by atoms with E-state index in [1.54, 1.807) is 7.11 Å². The van der Waals surface area contributed by atoms with Gasteiger partial charge in [0, 0.05) is 19.7 Å². The molecule has 16 heavy (non-hydrogen) atoms. The minimum atomic E-state index is 0.100. The summed E-state index contributed by atoms with van der Waals surface area (Å²) >= 11 is 0. The van der Waals surface area contributed by atoms with Gasteiger partial charge in [-0.1, -0.05) is 24.0 Å². The molecule has 0 saturated carbocycles. The largest absolute Gasteiger partial charge is 0.390 e. The molecule has 0 unspecified atom stereocenters. The van der Waals surface area contributed by atoms with Crippen LogP contribution in [0.2, 0.25) is 0 Å². The van der Waals surface area contributed by atoms with Crippen molar-refractivity contribution in [3.05, 3.63) is 0 Å². The van der Waals surface area contributed by atoms with Crippen molar-refractivity contribution in [1.29, 1.82) is 0 Å². The number of anilines is 2. The number of rotatable bonds is 7. The van der Waals surface area contributed by atoms with Gasteiger partial charge in [-0.25, -0.2) is 0 Å². The highest BCUT2D eigenvalue weighted by molar-refractivity contribution is 5.29. The first-order valence-corrected chi connectivity index (χ1v) is 5.57. The van der Waals surface area contributed by atoms with Gasteiger partial charge in [0.25, 0.3) is 0 Å². The Kier molecular flexibility index (Phi) is 5.04. The van der Waals surface area contributed by atoms with E-state index in [4.69, 9.17) is 14.9 Å². The molecule has 0 spiro atoms. The van der Waals surface area contributed by atoms with Crippen LogP contribution in [0.3, 0.4) is 0 Å². The van der Waals surface area contributed by atoms with Crippen LogP contribution in [0.4, 0.5) is 12.0 Å². The first kappa shape index (κ1) is 12.8. The minimum absolute atomic E-state index is 0.100. The summed E-state index contributed by atoms with van der Waals surface area (Å²) in [5, 5.41) is 7.59. The summed E-state index contributed by atoms with van der Waals surface area (Å²) in [4.78, 5) is 2.05. The smallest absolute Gasteiger partial charge is 0.319 e. The van der Waals surface area contributed by atoms with Crippen LogP contribution in [0.25, 0.3) is 0 Å². The molecular formula is C10H20N4O2. The fourth-order valence-corrected chi connectivity index (χ4v) is 1.70. The van der Waals surface area contributed by atoms with Crippen molar-refractivity contribution in [3.8, 4) is 0 Å². The van der Waals surface area contributed by atoms with Gasteiger partial charge in [-0.2, -0.15) is 0 Å². The summed E-state index contributed by atoms with van der Waals surface area (Å²) in [7, 11) is 1.67. The van der Waals surface area contributed by atoms with Gasteiger partial charge in [0.15, 0.2) is 0 Å². The third kappa shape index (κ3) is 3.10. The highest BCUT2D eigenvalue weighted by atomic mass is 16.5. The first-order valence-electron chi connectivity index (χ1n) is 5.57. The van der Waals surface area contributed by atoms with Gasteiger partial charge in [-0.15, -0.1) is 0 Å². The third-order valence-corrected chi connectivity index (χ3v) is 2.60. The van der Waals surface area contributed by atoms with Crippen molar-refractivity contribution in [2.24, 2.45) is 0 Å². The number of methoxy groups -OCH3 is 1. The number of hydrogen-bond donors (Lipinski definition) is 1. The second kappa shape index (κ2) is 6.32. The lowest BCUT2D eigenvalue weighted by atomic mass is 10.1. The summed E-state index contributed by atoms with van der Waals surface area (Å²) in [5.74, 6) is 0. The van der Waals surface area contributed by atoms with E-state index >= 15 is 0 Å².